The Hall–Kier alpha value is -0.790. The van der Waals surface area contributed by atoms with Gasteiger partial charge in [0.2, 0.25) is 0 Å². The molecule has 0 aliphatic rings. The number of oxime groups is 1. The smallest absolute Gasteiger partial charge is 0.0441 e. The van der Waals surface area contributed by atoms with Gasteiger partial charge in [-0.3, -0.25) is 0 Å². The van der Waals surface area contributed by atoms with Crippen LogP contribution in [0.25, 0.3) is 0 Å². The summed E-state index contributed by atoms with van der Waals surface area (Å²) in [5.41, 5.74) is 0. The molecule has 10 heavy (non-hydrogen) atoms. The summed E-state index contributed by atoms with van der Waals surface area (Å²) in [6.07, 6.45) is 6.49. The van der Waals surface area contributed by atoms with E-state index in [0.717, 1.165) is 19.3 Å². The van der Waals surface area contributed by atoms with Crippen LogP contribution in [0.4, 0.5) is 0 Å². The fraction of sp³-hybridized carbons (Fsp3) is 0.625. The summed E-state index contributed by atoms with van der Waals surface area (Å²) >= 11 is 0. The molecule has 1 N–H and O–H groups in total. The van der Waals surface area contributed by atoms with Gasteiger partial charge in [-0.05, 0) is 18.8 Å². The Balaban J connectivity index is 3.49. The van der Waals surface area contributed by atoms with Crippen molar-refractivity contribution >= 4 is 6.21 Å². The molecule has 58 valence electrons. The summed E-state index contributed by atoms with van der Waals surface area (Å²) in [6, 6.07) is 0. The van der Waals surface area contributed by atoms with Crippen molar-refractivity contribution in [3.8, 4) is 0 Å². The van der Waals surface area contributed by atoms with Crippen molar-refractivity contribution in [3.05, 3.63) is 12.7 Å². The van der Waals surface area contributed by atoms with Gasteiger partial charge >= 0.3 is 0 Å². The molecular weight excluding hydrogens is 126 g/mol. The Morgan fingerprint density at radius 3 is 2.80 bits per heavy atom. The van der Waals surface area contributed by atoms with E-state index in [9.17, 15) is 0 Å². The van der Waals surface area contributed by atoms with Crippen molar-refractivity contribution in [3.63, 3.8) is 0 Å². The topological polar surface area (TPSA) is 32.6 Å². The summed E-state index contributed by atoms with van der Waals surface area (Å²) in [7, 11) is 0. The summed E-state index contributed by atoms with van der Waals surface area (Å²) in [4.78, 5) is 0. The Morgan fingerprint density at radius 2 is 2.40 bits per heavy atom. The molecule has 2 nitrogen and oxygen atoms in total. The molecule has 1 atom stereocenters. The number of rotatable bonds is 5. The van der Waals surface area contributed by atoms with Gasteiger partial charge in [-0.25, -0.2) is 0 Å². The van der Waals surface area contributed by atoms with E-state index < -0.39 is 0 Å². The minimum Gasteiger partial charge on any atom is -0.411 e. The summed E-state index contributed by atoms with van der Waals surface area (Å²) in [6.45, 7) is 5.82. The molecular formula is C8H15NO. The fourth-order valence-corrected chi connectivity index (χ4v) is 0.885. The lowest BCUT2D eigenvalue weighted by molar-refractivity contribution is 0.319. The predicted octanol–water partition coefficient (Wildman–Crippen LogP) is 2.44. The molecule has 1 unspecified atom stereocenters. The first kappa shape index (κ1) is 9.21. The molecule has 0 amide bonds. The van der Waals surface area contributed by atoms with Gasteiger partial charge in [-0.2, -0.15) is 0 Å². The van der Waals surface area contributed by atoms with Crippen LogP contribution in [0, 0.1) is 5.92 Å². The third-order valence-electron chi connectivity index (χ3n) is 1.48. The van der Waals surface area contributed by atoms with Crippen molar-refractivity contribution in [1.82, 2.24) is 0 Å². The van der Waals surface area contributed by atoms with Crippen molar-refractivity contribution < 1.29 is 5.21 Å². The monoisotopic (exact) mass is 141 g/mol. The highest BCUT2D eigenvalue weighted by atomic mass is 16.4. The molecule has 0 bridgehead atoms. The zero-order valence-corrected chi connectivity index (χ0v) is 6.45. The highest BCUT2D eigenvalue weighted by molar-refractivity contribution is 5.56. The summed E-state index contributed by atoms with van der Waals surface area (Å²) in [5.74, 6) is 0.473. The summed E-state index contributed by atoms with van der Waals surface area (Å²) < 4.78 is 0. The van der Waals surface area contributed by atoms with Crippen LogP contribution in [-0.4, -0.2) is 11.4 Å². The molecule has 0 aromatic heterocycles. The van der Waals surface area contributed by atoms with Crippen LogP contribution < -0.4 is 0 Å². The van der Waals surface area contributed by atoms with Crippen LogP contribution in [0.15, 0.2) is 17.8 Å². The van der Waals surface area contributed by atoms with Crippen molar-refractivity contribution in [2.45, 2.75) is 26.2 Å². The number of hydrogen-bond acceptors (Lipinski definition) is 2. The molecule has 0 aromatic carbocycles. The quantitative estimate of drug-likeness (QED) is 0.271. The molecule has 0 aliphatic heterocycles. The zero-order valence-electron chi connectivity index (χ0n) is 6.45. The van der Waals surface area contributed by atoms with E-state index in [2.05, 4.69) is 18.7 Å². The molecule has 0 rings (SSSR count). The maximum atomic E-state index is 8.11. The van der Waals surface area contributed by atoms with E-state index in [4.69, 9.17) is 5.21 Å². The lowest BCUT2D eigenvalue weighted by atomic mass is 10.0. The average Bonchev–Trinajstić information content (AvgIpc) is 1.98. The van der Waals surface area contributed by atoms with Crippen LogP contribution in [0.1, 0.15) is 26.2 Å². The molecule has 0 aromatic rings. The standard InChI is InChI=1S/C8H15NO/c1-3-5-8(4-2)6-7-9-10/h4,7-8,10H,2-3,5-6H2,1H3/b9-7+. The lowest BCUT2D eigenvalue weighted by Gasteiger charge is -2.05. The Morgan fingerprint density at radius 1 is 1.70 bits per heavy atom. The minimum atomic E-state index is 0.473. The van der Waals surface area contributed by atoms with Gasteiger partial charge in [0.05, 0.1) is 0 Å². The maximum Gasteiger partial charge on any atom is 0.0441 e. The van der Waals surface area contributed by atoms with Crippen LogP contribution >= 0.6 is 0 Å². The lowest BCUT2D eigenvalue weighted by Crippen LogP contribution is -1.95. The second-order valence-corrected chi connectivity index (χ2v) is 2.32. The largest absolute Gasteiger partial charge is 0.411 e. The molecule has 0 aliphatic carbocycles. The molecule has 0 radical (unpaired) electrons. The van der Waals surface area contributed by atoms with Gasteiger partial charge in [0.1, 0.15) is 0 Å². The highest BCUT2D eigenvalue weighted by Crippen LogP contribution is 2.09. The Bertz CT molecular complexity index is 110. The molecule has 0 saturated heterocycles. The van der Waals surface area contributed by atoms with E-state index in [1.54, 1.807) is 0 Å². The maximum absolute atomic E-state index is 8.11. The number of allylic oxidation sites excluding steroid dienone is 1. The molecule has 0 heterocycles. The van der Waals surface area contributed by atoms with Gasteiger partial charge in [-0.1, -0.05) is 19.4 Å². The highest BCUT2D eigenvalue weighted by Gasteiger charge is 1.98. The summed E-state index contributed by atoms with van der Waals surface area (Å²) in [5, 5.41) is 11.0. The van der Waals surface area contributed by atoms with Gasteiger partial charge in [0, 0.05) is 6.21 Å². The van der Waals surface area contributed by atoms with Gasteiger partial charge in [0.15, 0.2) is 0 Å². The van der Waals surface area contributed by atoms with Crippen LogP contribution in [0.3, 0.4) is 0 Å². The SMILES string of the molecule is C=CC(C/C=N/O)CCC. The van der Waals surface area contributed by atoms with E-state index in [-0.39, 0.29) is 0 Å². The minimum absolute atomic E-state index is 0.473. The van der Waals surface area contributed by atoms with Crippen molar-refractivity contribution in [2.75, 3.05) is 0 Å². The normalized spacial score (nSPS) is 13.7. The van der Waals surface area contributed by atoms with Gasteiger partial charge < -0.3 is 5.21 Å². The predicted molar refractivity (Wildman–Crippen MR) is 43.5 cm³/mol. The Kier molecular flexibility index (Phi) is 5.83. The van der Waals surface area contributed by atoms with E-state index in [1.165, 1.54) is 6.21 Å². The number of hydrogen-bond donors (Lipinski definition) is 1. The molecule has 0 saturated carbocycles. The van der Waals surface area contributed by atoms with Crippen LogP contribution in [0.2, 0.25) is 0 Å². The molecule has 2 heteroatoms. The first-order chi connectivity index (χ1) is 4.85. The second-order valence-electron chi connectivity index (χ2n) is 2.32. The third-order valence-corrected chi connectivity index (χ3v) is 1.48. The first-order valence-corrected chi connectivity index (χ1v) is 3.63. The van der Waals surface area contributed by atoms with E-state index >= 15 is 0 Å². The average molecular weight is 141 g/mol. The van der Waals surface area contributed by atoms with Gasteiger partial charge in [0.25, 0.3) is 0 Å². The molecule has 0 fully saturated rings. The van der Waals surface area contributed by atoms with Crippen molar-refractivity contribution in [2.24, 2.45) is 11.1 Å². The second kappa shape index (κ2) is 6.33. The molecule has 0 spiro atoms. The first-order valence-electron chi connectivity index (χ1n) is 3.63. The Labute approximate surface area is 62.2 Å². The van der Waals surface area contributed by atoms with Crippen molar-refractivity contribution in [1.29, 1.82) is 0 Å². The third kappa shape index (κ3) is 4.13. The number of nitrogens with zero attached hydrogens (tertiary/aromatic N) is 1. The van der Waals surface area contributed by atoms with Crippen LogP contribution in [-0.2, 0) is 0 Å². The van der Waals surface area contributed by atoms with E-state index in [1.807, 2.05) is 6.08 Å². The van der Waals surface area contributed by atoms with Crippen LogP contribution in [0.5, 0.6) is 0 Å². The van der Waals surface area contributed by atoms with Gasteiger partial charge in [-0.15, -0.1) is 11.7 Å². The van der Waals surface area contributed by atoms with E-state index in [0.29, 0.717) is 5.92 Å². The zero-order chi connectivity index (χ0) is 7.82. The fourth-order valence-electron chi connectivity index (χ4n) is 0.885.